The van der Waals surface area contributed by atoms with Gasteiger partial charge in [0.05, 0.1) is 30.0 Å². The van der Waals surface area contributed by atoms with Crippen LogP contribution in [-0.2, 0) is 0 Å². The van der Waals surface area contributed by atoms with Gasteiger partial charge in [0.25, 0.3) is 5.91 Å². The van der Waals surface area contributed by atoms with E-state index in [4.69, 9.17) is 20.8 Å². The van der Waals surface area contributed by atoms with Gasteiger partial charge in [-0.3, -0.25) is 4.79 Å². The highest BCUT2D eigenvalue weighted by Crippen LogP contribution is 2.27. The van der Waals surface area contributed by atoms with Crippen LogP contribution in [-0.4, -0.2) is 46.8 Å². The van der Waals surface area contributed by atoms with Crippen LogP contribution in [0.3, 0.4) is 0 Å². The number of nitrogens with zero attached hydrogens (tertiary/aromatic N) is 4. The molecule has 0 unspecified atom stereocenters. The van der Waals surface area contributed by atoms with Gasteiger partial charge in [-0.1, -0.05) is 12.1 Å². The average Bonchev–Trinajstić information content (AvgIpc) is 3.24. The smallest absolute Gasteiger partial charge is 0.257 e. The molecular weight excluding hydrogens is 378 g/mol. The standard InChI is InChI=1S/C23H23N5O2/c1-30-20-8-6-19(7-9-20)28-15-21(23(29)27-12-10-18(25)11-13-27)22(26-28)17-4-2-16(14-24)3-5-17/h2-9,15,18H,10-13,25H2,1H3. The molecule has 4 rings (SSSR count). The van der Waals surface area contributed by atoms with Gasteiger partial charge in [-0.05, 0) is 49.2 Å². The lowest BCUT2D eigenvalue weighted by molar-refractivity contribution is 0.0715. The molecule has 0 atom stereocenters. The van der Waals surface area contributed by atoms with Crippen molar-refractivity contribution in [3.63, 3.8) is 0 Å². The summed E-state index contributed by atoms with van der Waals surface area (Å²) in [6, 6.07) is 16.9. The molecule has 1 saturated heterocycles. The zero-order valence-corrected chi connectivity index (χ0v) is 16.8. The Morgan fingerprint density at radius 1 is 1.13 bits per heavy atom. The molecule has 0 radical (unpaired) electrons. The number of nitriles is 1. The fourth-order valence-electron chi connectivity index (χ4n) is 3.59. The maximum absolute atomic E-state index is 13.3. The SMILES string of the molecule is COc1ccc(-n2cc(C(=O)N3CCC(N)CC3)c(-c3ccc(C#N)cc3)n2)cc1. The zero-order valence-electron chi connectivity index (χ0n) is 16.8. The minimum Gasteiger partial charge on any atom is -0.497 e. The van der Waals surface area contributed by atoms with E-state index in [2.05, 4.69) is 6.07 Å². The highest BCUT2D eigenvalue weighted by atomic mass is 16.5. The van der Waals surface area contributed by atoms with Crippen LogP contribution in [0, 0.1) is 11.3 Å². The number of benzene rings is 2. The molecule has 1 fully saturated rings. The van der Waals surface area contributed by atoms with Crippen LogP contribution in [0.1, 0.15) is 28.8 Å². The van der Waals surface area contributed by atoms with Gasteiger partial charge < -0.3 is 15.4 Å². The Balaban J connectivity index is 1.74. The van der Waals surface area contributed by atoms with Crippen molar-refractivity contribution < 1.29 is 9.53 Å². The van der Waals surface area contributed by atoms with E-state index in [0.717, 1.165) is 29.8 Å². The monoisotopic (exact) mass is 401 g/mol. The second kappa shape index (κ2) is 8.39. The van der Waals surface area contributed by atoms with Crippen molar-refractivity contribution in [2.75, 3.05) is 20.2 Å². The summed E-state index contributed by atoms with van der Waals surface area (Å²) in [5, 5.41) is 13.8. The van der Waals surface area contributed by atoms with Gasteiger partial charge in [0.1, 0.15) is 11.4 Å². The van der Waals surface area contributed by atoms with Crippen LogP contribution in [0.5, 0.6) is 5.75 Å². The van der Waals surface area contributed by atoms with Crippen LogP contribution in [0.25, 0.3) is 16.9 Å². The molecule has 0 aliphatic carbocycles. The first kappa shape index (κ1) is 19.7. The number of ether oxygens (including phenoxy) is 1. The molecule has 7 heteroatoms. The number of carbonyl (C=O) groups excluding carboxylic acids is 1. The van der Waals surface area contributed by atoms with Crippen molar-refractivity contribution in [2.45, 2.75) is 18.9 Å². The van der Waals surface area contributed by atoms with Crippen molar-refractivity contribution in [3.8, 4) is 28.8 Å². The second-order valence-corrected chi connectivity index (χ2v) is 7.35. The molecule has 0 spiro atoms. The minimum atomic E-state index is -0.0546. The summed E-state index contributed by atoms with van der Waals surface area (Å²) in [5.74, 6) is 0.695. The number of amides is 1. The topological polar surface area (TPSA) is 97.2 Å². The minimum absolute atomic E-state index is 0.0546. The normalized spacial score (nSPS) is 14.4. The number of piperidine rings is 1. The Kier molecular flexibility index (Phi) is 5.50. The van der Waals surface area contributed by atoms with Gasteiger partial charge in [0.2, 0.25) is 0 Å². The molecule has 7 nitrogen and oxygen atoms in total. The van der Waals surface area contributed by atoms with Crippen LogP contribution < -0.4 is 10.5 Å². The molecule has 2 heterocycles. The number of likely N-dealkylation sites (tertiary alicyclic amines) is 1. The molecule has 1 amide bonds. The second-order valence-electron chi connectivity index (χ2n) is 7.35. The van der Waals surface area contributed by atoms with Crippen molar-refractivity contribution in [2.24, 2.45) is 5.73 Å². The van der Waals surface area contributed by atoms with E-state index in [1.165, 1.54) is 0 Å². The van der Waals surface area contributed by atoms with Gasteiger partial charge in [0, 0.05) is 30.9 Å². The third kappa shape index (κ3) is 3.91. The summed E-state index contributed by atoms with van der Waals surface area (Å²) in [5.41, 5.74) is 9.30. The number of aromatic nitrogens is 2. The predicted molar refractivity (Wildman–Crippen MR) is 113 cm³/mol. The van der Waals surface area contributed by atoms with E-state index >= 15 is 0 Å². The molecule has 3 aromatic rings. The fraction of sp³-hybridized carbons (Fsp3) is 0.261. The van der Waals surface area contributed by atoms with E-state index in [9.17, 15) is 4.79 Å². The Labute approximate surface area is 175 Å². The van der Waals surface area contributed by atoms with E-state index < -0.39 is 0 Å². The molecule has 2 aromatic carbocycles. The number of carbonyl (C=O) groups is 1. The number of nitrogens with two attached hydrogens (primary N) is 1. The van der Waals surface area contributed by atoms with Crippen LogP contribution in [0.2, 0.25) is 0 Å². The summed E-state index contributed by atoms with van der Waals surface area (Å²) < 4.78 is 6.93. The number of hydrogen-bond donors (Lipinski definition) is 1. The quantitative estimate of drug-likeness (QED) is 0.725. The van der Waals surface area contributed by atoms with Gasteiger partial charge in [0.15, 0.2) is 0 Å². The molecule has 0 saturated carbocycles. The lowest BCUT2D eigenvalue weighted by Gasteiger charge is -2.30. The molecule has 152 valence electrons. The highest BCUT2D eigenvalue weighted by Gasteiger charge is 2.26. The summed E-state index contributed by atoms with van der Waals surface area (Å²) >= 11 is 0. The molecule has 2 N–H and O–H groups in total. The van der Waals surface area contributed by atoms with Crippen molar-refractivity contribution in [1.82, 2.24) is 14.7 Å². The molecule has 1 aliphatic rings. The zero-order chi connectivity index (χ0) is 21.1. The third-order valence-corrected chi connectivity index (χ3v) is 5.40. The van der Waals surface area contributed by atoms with E-state index in [-0.39, 0.29) is 11.9 Å². The van der Waals surface area contributed by atoms with E-state index in [0.29, 0.717) is 29.9 Å². The van der Waals surface area contributed by atoms with Crippen LogP contribution >= 0.6 is 0 Å². The third-order valence-electron chi connectivity index (χ3n) is 5.40. The lowest BCUT2D eigenvalue weighted by atomic mass is 10.0. The Hall–Kier alpha value is -3.63. The Bertz CT molecular complexity index is 1070. The lowest BCUT2D eigenvalue weighted by Crippen LogP contribution is -2.42. The van der Waals surface area contributed by atoms with Crippen LogP contribution in [0.15, 0.2) is 54.7 Å². The van der Waals surface area contributed by atoms with Crippen molar-refractivity contribution >= 4 is 5.91 Å². The molecule has 0 bridgehead atoms. The molecular formula is C23H23N5O2. The first-order chi connectivity index (χ1) is 14.6. The fourth-order valence-corrected chi connectivity index (χ4v) is 3.59. The molecule has 1 aliphatic heterocycles. The number of methoxy groups -OCH3 is 1. The van der Waals surface area contributed by atoms with Gasteiger partial charge in [-0.25, -0.2) is 4.68 Å². The Morgan fingerprint density at radius 2 is 1.80 bits per heavy atom. The molecule has 1 aromatic heterocycles. The first-order valence-corrected chi connectivity index (χ1v) is 9.88. The van der Waals surface area contributed by atoms with Gasteiger partial charge >= 0.3 is 0 Å². The van der Waals surface area contributed by atoms with Crippen molar-refractivity contribution in [1.29, 1.82) is 5.26 Å². The summed E-state index contributed by atoms with van der Waals surface area (Å²) in [7, 11) is 1.62. The summed E-state index contributed by atoms with van der Waals surface area (Å²) in [6.07, 6.45) is 3.36. The van der Waals surface area contributed by atoms with E-state index in [1.54, 1.807) is 30.1 Å². The van der Waals surface area contributed by atoms with Gasteiger partial charge in [-0.2, -0.15) is 10.4 Å². The molecule has 30 heavy (non-hydrogen) atoms. The maximum Gasteiger partial charge on any atom is 0.257 e. The van der Waals surface area contributed by atoms with Crippen molar-refractivity contribution in [3.05, 3.63) is 65.9 Å². The summed E-state index contributed by atoms with van der Waals surface area (Å²) in [6.45, 7) is 1.28. The predicted octanol–water partition coefficient (Wildman–Crippen LogP) is 2.98. The summed E-state index contributed by atoms with van der Waals surface area (Å²) in [4.78, 5) is 15.2. The first-order valence-electron chi connectivity index (χ1n) is 9.88. The number of hydrogen-bond acceptors (Lipinski definition) is 5. The maximum atomic E-state index is 13.3. The van der Waals surface area contributed by atoms with Crippen LogP contribution in [0.4, 0.5) is 0 Å². The number of rotatable bonds is 4. The Morgan fingerprint density at radius 3 is 2.40 bits per heavy atom. The largest absolute Gasteiger partial charge is 0.497 e. The highest BCUT2D eigenvalue weighted by molar-refractivity contribution is 6.00. The van der Waals surface area contributed by atoms with Gasteiger partial charge in [-0.15, -0.1) is 0 Å². The average molecular weight is 401 g/mol. The van der Waals surface area contributed by atoms with E-state index in [1.807, 2.05) is 41.3 Å².